The van der Waals surface area contributed by atoms with Gasteiger partial charge in [-0.25, -0.2) is 0 Å². The Balaban J connectivity index is 1.70. The van der Waals surface area contributed by atoms with E-state index in [0.29, 0.717) is 6.04 Å². The van der Waals surface area contributed by atoms with E-state index in [4.69, 9.17) is 4.42 Å². The highest BCUT2D eigenvalue weighted by Crippen LogP contribution is 2.28. The minimum absolute atomic E-state index is 0.0137. The number of hydrogen-bond donors (Lipinski definition) is 1. The lowest BCUT2D eigenvalue weighted by Crippen LogP contribution is -2.51. The smallest absolute Gasteiger partial charge is 0.240 e. The Hall–Kier alpha value is -1.29. The highest BCUT2D eigenvalue weighted by molar-refractivity contribution is 5.83. The van der Waals surface area contributed by atoms with Crippen LogP contribution in [-0.2, 0) is 4.79 Å². The zero-order chi connectivity index (χ0) is 13.4. The summed E-state index contributed by atoms with van der Waals surface area (Å²) in [5.74, 6) is 2.02. The van der Waals surface area contributed by atoms with Gasteiger partial charge in [-0.1, -0.05) is 0 Å². The topological polar surface area (TPSA) is 45.5 Å². The van der Waals surface area contributed by atoms with Crippen LogP contribution in [0.1, 0.15) is 50.2 Å². The molecule has 2 aliphatic rings. The molecule has 1 amide bonds. The highest BCUT2D eigenvalue weighted by Gasteiger charge is 2.35. The van der Waals surface area contributed by atoms with Crippen molar-refractivity contribution in [1.29, 1.82) is 0 Å². The van der Waals surface area contributed by atoms with Gasteiger partial charge >= 0.3 is 0 Å². The average molecular weight is 262 g/mol. The van der Waals surface area contributed by atoms with Gasteiger partial charge in [0.2, 0.25) is 5.91 Å². The van der Waals surface area contributed by atoms with Gasteiger partial charge in [0, 0.05) is 12.6 Å². The van der Waals surface area contributed by atoms with Crippen molar-refractivity contribution >= 4 is 5.91 Å². The van der Waals surface area contributed by atoms with Crippen LogP contribution in [0.25, 0.3) is 0 Å². The quantitative estimate of drug-likeness (QED) is 0.906. The molecule has 19 heavy (non-hydrogen) atoms. The van der Waals surface area contributed by atoms with Crippen molar-refractivity contribution in [2.45, 2.75) is 57.7 Å². The van der Waals surface area contributed by atoms with Crippen molar-refractivity contribution in [3.63, 3.8) is 0 Å². The van der Waals surface area contributed by atoms with Crippen molar-refractivity contribution in [1.82, 2.24) is 10.2 Å². The lowest BCUT2D eigenvalue weighted by atomic mass is 10.0. The third kappa shape index (κ3) is 2.68. The van der Waals surface area contributed by atoms with E-state index in [9.17, 15) is 4.79 Å². The van der Waals surface area contributed by atoms with E-state index >= 15 is 0 Å². The maximum absolute atomic E-state index is 12.5. The van der Waals surface area contributed by atoms with E-state index in [1.807, 2.05) is 24.0 Å². The summed E-state index contributed by atoms with van der Waals surface area (Å²) in [7, 11) is 0. The molecule has 1 aromatic rings. The van der Waals surface area contributed by atoms with Gasteiger partial charge in [-0.2, -0.15) is 0 Å². The summed E-state index contributed by atoms with van der Waals surface area (Å²) in [5.41, 5.74) is 0. The van der Waals surface area contributed by atoms with Crippen LogP contribution in [0.5, 0.6) is 0 Å². The Morgan fingerprint density at radius 1 is 1.37 bits per heavy atom. The van der Waals surface area contributed by atoms with E-state index in [-0.39, 0.29) is 18.0 Å². The van der Waals surface area contributed by atoms with Crippen LogP contribution in [0.2, 0.25) is 0 Å². The fourth-order valence-corrected chi connectivity index (χ4v) is 2.80. The van der Waals surface area contributed by atoms with E-state index < -0.39 is 0 Å². The molecule has 1 saturated carbocycles. The van der Waals surface area contributed by atoms with E-state index in [2.05, 4.69) is 12.2 Å². The first-order valence-corrected chi connectivity index (χ1v) is 7.28. The maximum atomic E-state index is 12.5. The Bertz CT molecular complexity index is 464. The van der Waals surface area contributed by atoms with Gasteiger partial charge in [0.25, 0.3) is 0 Å². The summed E-state index contributed by atoms with van der Waals surface area (Å²) in [6, 6.07) is 4.56. The normalized spacial score (nSPS) is 25.7. The minimum Gasteiger partial charge on any atom is -0.464 e. The van der Waals surface area contributed by atoms with Crippen LogP contribution >= 0.6 is 0 Å². The van der Waals surface area contributed by atoms with Crippen LogP contribution in [0.3, 0.4) is 0 Å². The third-order valence-electron chi connectivity index (χ3n) is 4.13. The molecule has 0 aromatic carbocycles. The molecule has 104 valence electrons. The number of piperidine rings is 1. The lowest BCUT2D eigenvalue weighted by Gasteiger charge is -2.36. The molecule has 2 heterocycles. The maximum Gasteiger partial charge on any atom is 0.240 e. The second-order valence-electron chi connectivity index (χ2n) is 5.79. The molecule has 2 unspecified atom stereocenters. The highest BCUT2D eigenvalue weighted by atomic mass is 16.3. The van der Waals surface area contributed by atoms with Crippen LogP contribution in [0, 0.1) is 6.92 Å². The third-order valence-corrected chi connectivity index (χ3v) is 4.13. The van der Waals surface area contributed by atoms with Crippen LogP contribution < -0.4 is 5.32 Å². The number of hydrogen-bond acceptors (Lipinski definition) is 3. The predicted molar refractivity (Wildman–Crippen MR) is 72.8 cm³/mol. The zero-order valence-corrected chi connectivity index (χ0v) is 11.7. The molecule has 1 saturated heterocycles. The molecule has 3 rings (SSSR count). The molecule has 4 heteroatoms. The molecule has 1 aliphatic heterocycles. The van der Waals surface area contributed by atoms with Gasteiger partial charge in [-0.3, -0.25) is 4.79 Å². The Morgan fingerprint density at radius 2 is 2.16 bits per heavy atom. The van der Waals surface area contributed by atoms with E-state index in [0.717, 1.165) is 30.9 Å². The SMILES string of the molecule is Cc1ccc(C(C)N2CCCC(NC3CC3)C2=O)o1. The van der Waals surface area contributed by atoms with Crippen molar-refractivity contribution in [3.8, 4) is 0 Å². The van der Waals surface area contributed by atoms with Crippen LogP contribution in [0.4, 0.5) is 0 Å². The fourth-order valence-electron chi connectivity index (χ4n) is 2.80. The number of nitrogens with one attached hydrogen (secondary N) is 1. The Kier molecular flexibility index (Phi) is 3.35. The van der Waals surface area contributed by atoms with Gasteiger partial charge in [0.15, 0.2) is 0 Å². The molecule has 1 aromatic heterocycles. The molecule has 0 spiro atoms. The molecule has 1 N–H and O–H groups in total. The van der Waals surface area contributed by atoms with Crippen molar-refractivity contribution < 1.29 is 9.21 Å². The molecule has 2 atom stereocenters. The number of nitrogens with zero attached hydrogens (tertiary/aromatic N) is 1. The van der Waals surface area contributed by atoms with Crippen LogP contribution in [-0.4, -0.2) is 29.4 Å². The zero-order valence-electron chi connectivity index (χ0n) is 11.7. The molecular formula is C15H22N2O2. The predicted octanol–water partition coefficient (Wildman–Crippen LogP) is 2.39. The molecular weight excluding hydrogens is 240 g/mol. The number of aryl methyl sites for hydroxylation is 1. The summed E-state index contributed by atoms with van der Waals surface area (Å²) >= 11 is 0. The molecule has 2 fully saturated rings. The van der Waals surface area contributed by atoms with Gasteiger partial charge < -0.3 is 14.6 Å². The van der Waals surface area contributed by atoms with Crippen molar-refractivity contribution in [3.05, 3.63) is 23.7 Å². The van der Waals surface area contributed by atoms with Gasteiger partial charge in [0.05, 0.1) is 12.1 Å². The monoisotopic (exact) mass is 262 g/mol. The molecule has 0 radical (unpaired) electrons. The summed E-state index contributed by atoms with van der Waals surface area (Å²) < 4.78 is 5.66. The standard InChI is InChI=1S/C15H22N2O2/c1-10-5-8-14(19-10)11(2)17-9-3-4-13(15(17)18)16-12-6-7-12/h5,8,11-13,16H,3-4,6-7,9H2,1-2H3. The second kappa shape index (κ2) is 5.00. The summed E-state index contributed by atoms with van der Waals surface area (Å²) in [6.07, 6.45) is 4.48. The summed E-state index contributed by atoms with van der Waals surface area (Å²) in [4.78, 5) is 14.5. The first kappa shape index (κ1) is 12.7. The van der Waals surface area contributed by atoms with Gasteiger partial charge in [-0.05, 0) is 51.7 Å². The fraction of sp³-hybridized carbons (Fsp3) is 0.667. The Labute approximate surface area is 114 Å². The van der Waals surface area contributed by atoms with Gasteiger partial charge in [-0.15, -0.1) is 0 Å². The van der Waals surface area contributed by atoms with E-state index in [1.54, 1.807) is 0 Å². The van der Waals surface area contributed by atoms with E-state index in [1.165, 1.54) is 12.8 Å². The average Bonchev–Trinajstić information content (AvgIpc) is 3.11. The second-order valence-corrected chi connectivity index (χ2v) is 5.79. The lowest BCUT2D eigenvalue weighted by molar-refractivity contribution is -0.138. The molecule has 1 aliphatic carbocycles. The number of likely N-dealkylation sites (tertiary alicyclic amines) is 1. The number of rotatable bonds is 4. The van der Waals surface area contributed by atoms with Crippen molar-refractivity contribution in [2.75, 3.05) is 6.54 Å². The largest absolute Gasteiger partial charge is 0.464 e. The summed E-state index contributed by atoms with van der Waals surface area (Å²) in [5, 5.41) is 3.46. The summed E-state index contributed by atoms with van der Waals surface area (Å²) in [6.45, 7) is 4.82. The number of carbonyl (C=O) groups is 1. The van der Waals surface area contributed by atoms with Crippen LogP contribution in [0.15, 0.2) is 16.5 Å². The minimum atomic E-state index is 0.0137. The first-order valence-electron chi connectivity index (χ1n) is 7.28. The molecule has 0 bridgehead atoms. The molecule has 4 nitrogen and oxygen atoms in total. The Morgan fingerprint density at radius 3 is 2.79 bits per heavy atom. The first-order chi connectivity index (χ1) is 9.15. The number of carbonyl (C=O) groups excluding carboxylic acids is 1. The van der Waals surface area contributed by atoms with Gasteiger partial charge in [0.1, 0.15) is 11.5 Å². The number of furan rings is 1. The number of amides is 1. The van der Waals surface area contributed by atoms with Crippen molar-refractivity contribution in [2.24, 2.45) is 0 Å².